The molecule has 5 rings (SSSR count). The second-order valence-electron chi connectivity index (χ2n) is 8.28. The molecule has 1 unspecified atom stereocenters. The first-order valence-corrected chi connectivity index (χ1v) is 8.84. The standard InChI is InChI=1S/C19H27BO2/c1-5-13-7-6-8-14(9-13)12-20-21-17-11-15-10-16(18(15,2)3)19(17,4)22-20/h6-9,15-17H,5,10-12H2,1-4H3/t15?,16-,17+,19-/m0/s1. The maximum atomic E-state index is 6.49. The average molecular weight is 298 g/mol. The summed E-state index contributed by atoms with van der Waals surface area (Å²) < 4.78 is 12.8. The normalized spacial score (nSPS) is 38.5. The van der Waals surface area contributed by atoms with E-state index in [1.54, 1.807) is 0 Å². The maximum absolute atomic E-state index is 6.49. The molecule has 1 aromatic rings. The first-order valence-electron chi connectivity index (χ1n) is 8.84. The van der Waals surface area contributed by atoms with Gasteiger partial charge in [-0.05, 0) is 54.6 Å². The lowest BCUT2D eigenvalue weighted by atomic mass is 9.43. The molecule has 0 aromatic heterocycles. The summed E-state index contributed by atoms with van der Waals surface area (Å²) in [7, 11) is -0.0720. The van der Waals surface area contributed by atoms with Crippen molar-refractivity contribution in [1.29, 1.82) is 0 Å². The van der Waals surface area contributed by atoms with E-state index in [0.717, 1.165) is 18.7 Å². The first kappa shape index (κ1) is 14.8. The molecule has 4 atom stereocenters. The van der Waals surface area contributed by atoms with Crippen LogP contribution < -0.4 is 0 Å². The zero-order valence-electron chi connectivity index (χ0n) is 14.3. The Morgan fingerprint density at radius 3 is 2.68 bits per heavy atom. The number of aryl methyl sites for hydroxylation is 1. The maximum Gasteiger partial charge on any atom is 0.462 e. The van der Waals surface area contributed by atoms with E-state index in [1.165, 1.54) is 24.0 Å². The van der Waals surface area contributed by atoms with E-state index in [1.807, 2.05) is 0 Å². The van der Waals surface area contributed by atoms with Crippen molar-refractivity contribution < 1.29 is 9.31 Å². The highest BCUT2D eigenvalue weighted by Crippen LogP contribution is 2.65. The Morgan fingerprint density at radius 1 is 1.18 bits per heavy atom. The van der Waals surface area contributed by atoms with Crippen LogP contribution in [-0.2, 0) is 22.0 Å². The van der Waals surface area contributed by atoms with Crippen LogP contribution in [0, 0.1) is 17.3 Å². The second-order valence-corrected chi connectivity index (χ2v) is 8.28. The fraction of sp³-hybridized carbons (Fsp3) is 0.684. The highest BCUT2D eigenvalue weighted by Gasteiger charge is 2.67. The van der Waals surface area contributed by atoms with E-state index in [2.05, 4.69) is 52.0 Å². The third-order valence-corrected chi connectivity index (χ3v) is 6.80. The summed E-state index contributed by atoms with van der Waals surface area (Å²) in [4.78, 5) is 0. The summed E-state index contributed by atoms with van der Waals surface area (Å²) in [5.41, 5.74) is 3.07. The van der Waals surface area contributed by atoms with Crippen molar-refractivity contribution in [2.24, 2.45) is 17.3 Å². The molecule has 1 heterocycles. The Morgan fingerprint density at radius 2 is 1.95 bits per heavy atom. The van der Waals surface area contributed by atoms with E-state index < -0.39 is 0 Å². The summed E-state index contributed by atoms with van der Waals surface area (Å²) in [6.07, 6.45) is 4.74. The summed E-state index contributed by atoms with van der Waals surface area (Å²) in [6, 6.07) is 8.83. The van der Waals surface area contributed by atoms with Gasteiger partial charge in [0.25, 0.3) is 0 Å². The predicted molar refractivity (Wildman–Crippen MR) is 89.6 cm³/mol. The van der Waals surface area contributed by atoms with Gasteiger partial charge in [-0.2, -0.15) is 0 Å². The second kappa shape index (κ2) is 4.85. The van der Waals surface area contributed by atoms with Crippen molar-refractivity contribution in [3.8, 4) is 0 Å². The minimum Gasteiger partial charge on any atom is -0.405 e. The molecule has 1 aromatic carbocycles. The summed E-state index contributed by atoms with van der Waals surface area (Å²) in [6.45, 7) is 9.32. The molecule has 4 fully saturated rings. The van der Waals surface area contributed by atoms with Gasteiger partial charge in [0, 0.05) is 6.32 Å². The topological polar surface area (TPSA) is 18.5 Å². The van der Waals surface area contributed by atoms with Crippen molar-refractivity contribution in [1.82, 2.24) is 0 Å². The van der Waals surface area contributed by atoms with Gasteiger partial charge in [-0.3, -0.25) is 0 Å². The Balaban J connectivity index is 1.50. The minimum absolute atomic E-state index is 0.0720. The van der Waals surface area contributed by atoms with E-state index in [9.17, 15) is 0 Å². The van der Waals surface area contributed by atoms with Gasteiger partial charge in [0.1, 0.15) is 0 Å². The molecular formula is C19H27BO2. The zero-order chi connectivity index (χ0) is 15.5. The molecule has 118 valence electrons. The Hall–Kier alpha value is -0.795. The fourth-order valence-electron chi connectivity index (χ4n) is 5.21. The van der Waals surface area contributed by atoms with Gasteiger partial charge < -0.3 is 9.31 Å². The van der Waals surface area contributed by atoms with Gasteiger partial charge in [0.05, 0.1) is 11.7 Å². The van der Waals surface area contributed by atoms with Crippen LogP contribution in [-0.4, -0.2) is 18.8 Å². The van der Waals surface area contributed by atoms with Crippen LogP contribution in [0.2, 0.25) is 0 Å². The largest absolute Gasteiger partial charge is 0.462 e. The molecule has 1 saturated heterocycles. The zero-order valence-corrected chi connectivity index (χ0v) is 14.3. The molecule has 22 heavy (non-hydrogen) atoms. The molecule has 3 aliphatic carbocycles. The van der Waals surface area contributed by atoms with Crippen molar-refractivity contribution in [2.45, 2.75) is 65.0 Å². The monoisotopic (exact) mass is 298 g/mol. The number of benzene rings is 1. The lowest BCUT2D eigenvalue weighted by Gasteiger charge is -2.64. The molecule has 2 bridgehead atoms. The van der Waals surface area contributed by atoms with Crippen LogP contribution in [0.4, 0.5) is 0 Å². The van der Waals surface area contributed by atoms with Gasteiger partial charge in [-0.25, -0.2) is 0 Å². The summed E-state index contributed by atoms with van der Waals surface area (Å²) in [5, 5.41) is 0. The molecular weight excluding hydrogens is 271 g/mol. The van der Waals surface area contributed by atoms with Crippen LogP contribution in [0.15, 0.2) is 24.3 Å². The van der Waals surface area contributed by atoms with E-state index in [0.29, 0.717) is 17.4 Å². The molecule has 4 aliphatic rings. The Labute approximate surface area is 134 Å². The lowest BCUT2D eigenvalue weighted by molar-refractivity contribution is -0.199. The fourth-order valence-corrected chi connectivity index (χ4v) is 5.21. The predicted octanol–water partition coefficient (Wildman–Crippen LogP) is 4.06. The number of rotatable bonds is 3. The number of hydrogen-bond acceptors (Lipinski definition) is 2. The van der Waals surface area contributed by atoms with Crippen LogP contribution >= 0.6 is 0 Å². The quantitative estimate of drug-likeness (QED) is 0.784. The van der Waals surface area contributed by atoms with E-state index in [-0.39, 0.29) is 12.7 Å². The van der Waals surface area contributed by atoms with Crippen LogP contribution in [0.5, 0.6) is 0 Å². The third kappa shape index (κ3) is 2.01. The molecule has 0 spiro atoms. The van der Waals surface area contributed by atoms with Crippen molar-refractivity contribution >= 4 is 7.12 Å². The highest BCUT2D eigenvalue weighted by atomic mass is 16.7. The average Bonchev–Trinajstić information content (AvgIpc) is 2.82. The van der Waals surface area contributed by atoms with Gasteiger partial charge in [-0.1, -0.05) is 45.0 Å². The SMILES string of the molecule is CCc1cccc(CB2O[C@@H]3CC4C[C@@H](C4(C)C)[C@]3(C)O2)c1. The highest BCUT2D eigenvalue weighted by molar-refractivity contribution is 6.44. The van der Waals surface area contributed by atoms with Gasteiger partial charge >= 0.3 is 7.12 Å². The van der Waals surface area contributed by atoms with Crippen LogP contribution in [0.3, 0.4) is 0 Å². The van der Waals surface area contributed by atoms with Crippen molar-refractivity contribution in [2.75, 3.05) is 0 Å². The third-order valence-electron chi connectivity index (χ3n) is 6.80. The van der Waals surface area contributed by atoms with Crippen molar-refractivity contribution in [3.05, 3.63) is 35.4 Å². The summed E-state index contributed by atoms with van der Waals surface area (Å²) in [5.74, 6) is 1.47. The first-order chi connectivity index (χ1) is 10.4. The van der Waals surface area contributed by atoms with Crippen LogP contribution in [0.25, 0.3) is 0 Å². The van der Waals surface area contributed by atoms with Crippen molar-refractivity contribution in [3.63, 3.8) is 0 Å². The molecule has 0 amide bonds. The lowest BCUT2D eigenvalue weighted by Crippen LogP contribution is -2.65. The Kier molecular flexibility index (Phi) is 3.26. The molecule has 2 nitrogen and oxygen atoms in total. The minimum atomic E-state index is -0.0781. The molecule has 1 aliphatic heterocycles. The van der Waals surface area contributed by atoms with E-state index >= 15 is 0 Å². The van der Waals surface area contributed by atoms with Gasteiger partial charge in [0.15, 0.2) is 0 Å². The van der Waals surface area contributed by atoms with Gasteiger partial charge in [-0.15, -0.1) is 0 Å². The van der Waals surface area contributed by atoms with Gasteiger partial charge in [0.2, 0.25) is 0 Å². The Bertz CT molecular complexity index is 585. The van der Waals surface area contributed by atoms with Crippen LogP contribution in [0.1, 0.15) is 51.7 Å². The van der Waals surface area contributed by atoms with E-state index in [4.69, 9.17) is 9.31 Å². The molecule has 3 heteroatoms. The number of hydrogen-bond donors (Lipinski definition) is 0. The smallest absolute Gasteiger partial charge is 0.405 e. The molecule has 3 saturated carbocycles. The summed E-state index contributed by atoms with van der Waals surface area (Å²) >= 11 is 0. The molecule has 0 radical (unpaired) electrons. The molecule has 0 N–H and O–H groups in total.